The van der Waals surface area contributed by atoms with Crippen molar-refractivity contribution in [2.75, 3.05) is 13.1 Å². The molecule has 0 amide bonds. The van der Waals surface area contributed by atoms with E-state index in [-0.39, 0.29) is 5.92 Å². The molecule has 0 aliphatic carbocycles. The van der Waals surface area contributed by atoms with Crippen molar-refractivity contribution in [1.29, 1.82) is 0 Å². The van der Waals surface area contributed by atoms with E-state index in [4.69, 9.17) is 27.6 Å². The number of hydrogen-bond donors (Lipinski definition) is 0. The standard InChI is InChI=1S/C18H21Cl2N3O/c1-12(2)18-22-21-17(24-18)11-23-7-5-13(6-8-23)9-14-10-15(19)3-4-16(14)20/h3-4,9-10,12H,5-8,11H2,1-2H3. The highest BCUT2D eigenvalue weighted by Gasteiger charge is 2.18. The van der Waals surface area contributed by atoms with Crippen molar-refractivity contribution in [3.05, 3.63) is 51.2 Å². The van der Waals surface area contributed by atoms with Crippen molar-refractivity contribution in [2.45, 2.75) is 39.2 Å². The number of rotatable bonds is 4. The zero-order chi connectivity index (χ0) is 17.1. The maximum atomic E-state index is 6.24. The minimum absolute atomic E-state index is 0.268. The third-order valence-corrected chi connectivity index (χ3v) is 4.73. The normalized spacial score (nSPS) is 16.0. The first-order chi connectivity index (χ1) is 11.5. The monoisotopic (exact) mass is 365 g/mol. The predicted octanol–water partition coefficient (Wildman–Crippen LogP) is 5.18. The lowest BCUT2D eigenvalue weighted by Crippen LogP contribution is -2.30. The summed E-state index contributed by atoms with van der Waals surface area (Å²) in [6.07, 6.45) is 4.18. The molecule has 6 heteroatoms. The Labute approximate surface area is 152 Å². The van der Waals surface area contributed by atoms with Crippen molar-refractivity contribution in [3.63, 3.8) is 0 Å². The van der Waals surface area contributed by atoms with Crippen LogP contribution in [0.1, 0.15) is 50.0 Å². The third kappa shape index (κ3) is 4.38. The molecule has 0 N–H and O–H groups in total. The van der Waals surface area contributed by atoms with E-state index in [1.165, 1.54) is 5.57 Å². The second-order valence-corrected chi connectivity index (χ2v) is 7.28. The van der Waals surface area contributed by atoms with Gasteiger partial charge in [-0.2, -0.15) is 0 Å². The van der Waals surface area contributed by atoms with Crippen LogP contribution in [0.2, 0.25) is 10.0 Å². The average molecular weight is 366 g/mol. The molecule has 1 aliphatic rings. The number of aromatic nitrogens is 2. The van der Waals surface area contributed by atoms with Gasteiger partial charge in [0.25, 0.3) is 0 Å². The summed E-state index contributed by atoms with van der Waals surface area (Å²) in [5, 5.41) is 9.67. The molecular formula is C18H21Cl2N3O. The lowest BCUT2D eigenvalue weighted by molar-refractivity contribution is 0.222. The molecule has 2 aromatic rings. The van der Waals surface area contributed by atoms with E-state index >= 15 is 0 Å². The Kier molecular flexibility index (Phi) is 5.59. The molecule has 0 unspecified atom stereocenters. The number of piperidine rings is 1. The molecule has 1 aromatic heterocycles. The topological polar surface area (TPSA) is 42.2 Å². The SMILES string of the molecule is CC(C)c1nnc(CN2CCC(=Cc3cc(Cl)ccc3Cl)CC2)o1. The third-order valence-electron chi connectivity index (χ3n) is 4.15. The van der Waals surface area contributed by atoms with Crippen molar-refractivity contribution < 1.29 is 4.42 Å². The van der Waals surface area contributed by atoms with Gasteiger partial charge in [-0.05, 0) is 36.6 Å². The fraction of sp³-hybridized carbons (Fsp3) is 0.444. The van der Waals surface area contributed by atoms with Gasteiger partial charge in [-0.15, -0.1) is 10.2 Å². The number of benzene rings is 1. The van der Waals surface area contributed by atoms with Crippen LogP contribution in [-0.4, -0.2) is 28.2 Å². The molecule has 2 heterocycles. The van der Waals surface area contributed by atoms with Gasteiger partial charge in [-0.1, -0.05) is 48.7 Å². The van der Waals surface area contributed by atoms with E-state index < -0.39 is 0 Å². The Bertz CT molecular complexity index is 730. The molecule has 0 atom stereocenters. The van der Waals surface area contributed by atoms with Gasteiger partial charge < -0.3 is 4.42 Å². The van der Waals surface area contributed by atoms with Crippen LogP contribution < -0.4 is 0 Å². The molecule has 24 heavy (non-hydrogen) atoms. The lowest BCUT2D eigenvalue weighted by Gasteiger charge is -2.27. The first kappa shape index (κ1) is 17.5. The second kappa shape index (κ2) is 7.68. The van der Waals surface area contributed by atoms with Crippen LogP contribution in [0.5, 0.6) is 0 Å². The first-order valence-corrected chi connectivity index (χ1v) is 8.96. The Hall–Kier alpha value is -1.36. The van der Waals surface area contributed by atoms with Crippen molar-refractivity contribution in [2.24, 2.45) is 0 Å². The quantitative estimate of drug-likeness (QED) is 0.748. The fourth-order valence-corrected chi connectivity index (χ4v) is 3.10. The number of halogens is 2. The van der Waals surface area contributed by atoms with Crippen LogP contribution in [0, 0.1) is 0 Å². The van der Waals surface area contributed by atoms with E-state index in [0.29, 0.717) is 23.3 Å². The summed E-state index contributed by atoms with van der Waals surface area (Å²) in [7, 11) is 0. The highest BCUT2D eigenvalue weighted by atomic mass is 35.5. The molecule has 128 valence electrons. The summed E-state index contributed by atoms with van der Waals surface area (Å²) in [6.45, 7) is 6.77. The highest BCUT2D eigenvalue weighted by molar-refractivity contribution is 6.34. The van der Waals surface area contributed by atoms with E-state index in [0.717, 1.165) is 36.5 Å². The fourth-order valence-electron chi connectivity index (χ4n) is 2.74. The Morgan fingerprint density at radius 1 is 1.21 bits per heavy atom. The molecule has 0 saturated carbocycles. The number of hydrogen-bond acceptors (Lipinski definition) is 4. The molecule has 1 fully saturated rings. The van der Waals surface area contributed by atoms with Crippen LogP contribution in [0.3, 0.4) is 0 Å². The van der Waals surface area contributed by atoms with Crippen LogP contribution >= 0.6 is 23.2 Å². The summed E-state index contributed by atoms with van der Waals surface area (Å²) >= 11 is 12.3. The van der Waals surface area contributed by atoms with Gasteiger partial charge >= 0.3 is 0 Å². The van der Waals surface area contributed by atoms with Gasteiger partial charge in [0.1, 0.15) is 0 Å². The van der Waals surface area contributed by atoms with Gasteiger partial charge in [0.2, 0.25) is 11.8 Å². The minimum atomic E-state index is 0.268. The summed E-state index contributed by atoms with van der Waals surface area (Å²) in [5.74, 6) is 1.67. The Morgan fingerprint density at radius 3 is 2.62 bits per heavy atom. The van der Waals surface area contributed by atoms with Crippen LogP contribution in [0.25, 0.3) is 6.08 Å². The minimum Gasteiger partial charge on any atom is -0.424 e. The molecular weight excluding hydrogens is 345 g/mol. The van der Waals surface area contributed by atoms with Crippen molar-refractivity contribution >= 4 is 29.3 Å². The van der Waals surface area contributed by atoms with Crippen LogP contribution in [0.15, 0.2) is 28.2 Å². The smallest absolute Gasteiger partial charge is 0.230 e. The number of likely N-dealkylation sites (tertiary alicyclic amines) is 1. The van der Waals surface area contributed by atoms with Crippen molar-refractivity contribution in [3.8, 4) is 0 Å². The van der Waals surface area contributed by atoms with Gasteiger partial charge in [-0.25, -0.2) is 0 Å². The molecule has 4 nitrogen and oxygen atoms in total. The van der Waals surface area contributed by atoms with Gasteiger partial charge in [0, 0.05) is 29.1 Å². The van der Waals surface area contributed by atoms with Gasteiger partial charge in [-0.3, -0.25) is 4.90 Å². The van der Waals surface area contributed by atoms with Crippen LogP contribution in [0.4, 0.5) is 0 Å². The highest BCUT2D eigenvalue weighted by Crippen LogP contribution is 2.26. The van der Waals surface area contributed by atoms with Gasteiger partial charge in [0.15, 0.2) is 0 Å². The zero-order valence-electron chi connectivity index (χ0n) is 13.9. The summed E-state index contributed by atoms with van der Waals surface area (Å²) in [5.41, 5.74) is 2.38. The van der Waals surface area contributed by atoms with Crippen LogP contribution in [-0.2, 0) is 6.54 Å². The Balaban J connectivity index is 1.59. The predicted molar refractivity (Wildman–Crippen MR) is 97.3 cm³/mol. The molecule has 3 rings (SSSR count). The zero-order valence-corrected chi connectivity index (χ0v) is 15.4. The van der Waals surface area contributed by atoms with E-state index in [1.54, 1.807) is 0 Å². The molecule has 0 radical (unpaired) electrons. The average Bonchev–Trinajstić information content (AvgIpc) is 3.02. The van der Waals surface area contributed by atoms with Crippen molar-refractivity contribution in [1.82, 2.24) is 15.1 Å². The molecule has 0 bridgehead atoms. The summed E-state index contributed by atoms with van der Waals surface area (Å²) in [6, 6.07) is 5.56. The number of nitrogens with zero attached hydrogens (tertiary/aromatic N) is 3. The molecule has 1 aliphatic heterocycles. The first-order valence-electron chi connectivity index (χ1n) is 8.20. The largest absolute Gasteiger partial charge is 0.424 e. The second-order valence-electron chi connectivity index (χ2n) is 6.43. The van der Waals surface area contributed by atoms with Gasteiger partial charge in [0.05, 0.1) is 6.54 Å². The molecule has 0 spiro atoms. The van der Waals surface area contributed by atoms with E-state index in [1.807, 2.05) is 18.2 Å². The lowest BCUT2D eigenvalue weighted by atomic mass is 10.0. The maximum absolute atomic E-state index is 6.24. The molecule has 1 aromatic carbocycles. The maximum Gasteiger partial charge on any atom is 0.230 e. The van der Waals surface area contributed by atoms with E-state index in [2.05, 4.69) is 35.0 Å². The molecule has 1 saturated heterocycles. The van der Waals surface area contributed by atoms with E-state index in [9.17, 15) is 0 Å². The summed E-state index contributed by atoms with van der Waals surface area (Å²) in [4.78, 5) is 2.34. The Morgan fingerprint density at radius 2 is 1.96 bits per heavy atom. The summed E-state index contributed by atoms with van der Waals surface area (Å²) < 4.78 is 5.69.